The Morgan fingerprint density at radius 2 is 1.58 bits per heavy atom. The monoisotopic (exact) mass is 164 g/mol. The van der Waals surface area contributed by atoms with Gasteiger partial charge in [-0.3, -0.25) is 0 Å². The van der Waals surface area contributed by atoms with E-state index in [-0.39, 0.29) is 0 Å². The summed E-state index contributed by atoms with van der Waals surface area (Å²) in [5.41, 5.74) is 3.39. The van der Waals surface area contributed by atoms with E-state index in [1.54, 1.807) is 6.07 Å². The van der Waals surface area contributed by atoms with Crippen molar-refractivity contribution in [2.75, 3.05) is 0 Å². The maximum Gasteiger partial charge on any atom is 0.335 e. The minimum Gasteiger partial charge on any atom is -0.478 e. The lowest BCUT2D eigenvalue weighted by molar-refractivity contribution is 0.0696. The number of hydrogen-bond acceptors (Lipinski definition) is 1. The highest BCUT2D eigenvalue weighted by atomic mass is 16.4. The molecule has 0 aromatic heterocycles. The van der Waals surface area contributed by atoms with E-state index in [1.807, 2.05) is 26.8 Å². The zero-order chi connectivity index (χ0) is 9.30. The fourth-order valence-electron chi connectivity index (χ4n) is 1.19. The first-order valence-electron chi connectivity index (χ1n) is 3.83. The number of aromatic carboxylic acids is 1. The molecular weight excluding hydrogens is 152 g/mol. The van der Waals surface area contributed by atoms with Crippen molar-refractivity contribution in [2.45, 2.75) is 20.8 Å². The van der Waals surface area contributed by atoms with Crippen LogP contribution in [0, 0.1) is 20.8 Å². The first-order valence-corrected chi connectivity index (χ1v) is 3.83. The van der Waals surface area contributed by atoms with Gasteiger partial charge in [0.1, 0.15) is 0 Å². The Morgan fingerprint density at radius 3 is 2.08 bits per heavy atom. The molecule has 1 aromatic carbocycles. The predicted octanol–water partition coefficient (Wildman–Crippen LogP) is 2.31. The van der Waals surface area contributed by atoms with Crippen LogP contribution in [0.4, 0.5) is 0 Å². The Hall–Kier alpha value is -1.31. The van der Waals surface area contributed by atoms with E-state index in [9.17, 15) is 4.79 Å². The number of hydrogen-bond donors (Lipinski definition) is 1. The van der Waals surface area contributed by atoms with E-state index in [2.05, 4.69) is 0 Å². The van der Waals surface area contributed by atoms with E-state index in [1.165, 1.54) is 0 Å². The molecule has 0 bridgehead atoms. The molecular formula is C10H12O2. The Morgan fingerprint density at radius 1 is 1.08 bits per heavy atom. The number of rotatable bonds is 1. The molecule has 0 aliphatic carbocycles. The Kier molecular flexibility index (Phi) is 2.18. The average molecular weight is 164 g/mol. The Labute approximate surface area is 71.8 Å². The van der Waals surface area contributed by atoms with Gasteiger partial charge >= 0.3 is 5.97 Å². The Bertz CT molecular complexity index is 327. The molecule has 0 atom stereocenters. The van der Waals surface area contributed by atoms with Crippen LogP contribution in [0.25, 0.3) is 0 Å². The van der Waals surface area contributed by atoms with Crippen LogP contribution in [-0.2, 0) is 0 Å². The van der Waals surface area contributed by atoms with Crippen molar-refractivity contribution in [3.63, 3.8) is 0 Å². The molecule has 1 rings (SSSR count). The fourth-order valence-corrected chi connectivity index (χ4v) is 1.19. The molecule has 0 heterocycles. The third-order valence-corrected chi connectivity index (χ3v) is 2.07. The Balaban J connectivity index is 3.33. The van der Waals surface area contributed by atoms with E-state index < -0.39 is 5.97 Å². The molecule has 1 aromatic rings. The highest BCUT2D eigenvalue weighted by Gasteiger charge is 2.07. The van der Waals surface area contributed by atoms with Gasteiger partial charge in [-0.25, -0.2) is 4.79 Å². The molecule has 0 amide bonds. The first kappa shape index (κ1) is 8.78. The molecule has 2 nitrogen and oxygen atoms in total. The predicted molar refractivity (Wildman–Crippen MR) is 47.6 cm³/mol. The van der Waals surface area contributed by atoms with Gasteiger partial charge in [-0.05, 0) is 43.5 Å². The smallest absolute Gasteiger partial charge is 0.335 e. The summed E-state index contributed by atoms with van der Waals surface area (Å²) in [6, 6.07) is 3.62. The standard InChI is InChI=1S/C10H12O2/c1-6-4-8(3)9(10(11)12)5-7(6)2/h4-5H,1-3H3,(H,11,12). The van der Waals surface area contributed by atoms with Gasteiger partial charge in [0, 0.05) is 0 Å². The molecule has 2 heteroatoms. The van der Waals surface area contributed by atoms with Gasteiger partial charge < -0.3 is 5.11 Å². The molecule has 12 heavy (non-hydrogen) atoms. The molecule has 0 fully saturated rings. The fraction of sp³-hybridized carbons (Fsp3) is 0.300. The van der Waals surface area contributed by atoms with E-state index in [0.29, 0.717) is 5.56 Å². The van der Waals surface area contributed by atoms with Crippen LogP contribution in [-0.4, -0.2) is 11.1 Å². The summed E-state index contributed by atoms with van der Waals surface area (Å²) in [5, 5.41) is 8.78. The number of carboxylic acid groups (broad SMARTS) is 1. The van der Waals surface area contributed by atoms with Gasteiger partial charge in [-0.1, -0.05) is 6.07 Å². The van der Waals surface area contributed by atoms with Gasteiger partial charge in [0.2, 0.25) is 0 Å². The van der Waals surface area contributed by atoms with Crippen molar-refractivity contribution in [2.24, 2.45) is 0 Å². The molecule has 0 spiro atoms. The van der Waals surface area contributed by atoms with Crippen molar-refractivity contribution in [1.82, 2.24) is 0 Å². The first-order chi connectivity index (χ1) is 5.52. The molecule has 0 unspecified atom stereocenters. The number of carboxylic acids is 1. The molecule has 0 aliphatic rings. The quantitative estimate of drug-likeness (QED) is 0.691. The maximum absolute atomic E-state index is 10.7. The van der Waals surface area contributed by atoms with Gasteiger partial charge in [0.05, 0.1) is 5.56 Å². The number of carbonyl (C=O) groups is 1. The molecule has 0 saturated heterocycles. The summed E-state index contributed by atoms with van der Waals surface area (Å²) in [6.45, 7) is 5.71. The minimum atomic E-state index is -0.851. The number of benzene rings is 1. The summed E-state index contributed by atoms with van der Waals surface area (Å²) in [7, 11) is 0. The lowest BCUT2D eigenvalue weighted by Gasteiger charge is -2.05. The average Bonchev–Trinajstić information content (AvgIpc) is 1.96. The largest absolute Gasteiger partial charge is 0.478 e. The lowest BCUT2D eigenvalue weighted by Crippen LogP contribution is -2.00. The third kappa shape index (κ3) is 1.47. The highest BCUT2D eigenvalue weighted by molar-refractivity contribution is 5.89. The second kappa shape index (κ2) is 2.97. The zero-order valence-electron chi connectivity index (χ0n) is 7.51. The van der Waals surface area contributed by atoms with Crippen molar-refractivity contribution in [3.05, 3.63) is 34.4 Å². The molecule has 0 radical (unpaired) electrons. The highest BCUT2D eigenvalue weighted by Crippen LogP contribution is 2.14. The second-order valence-electron chi connectivity index (χ2n) is 3.06. The van der Waals surface area contributed by atoms with Gasteiger partial charge in [0.25, 0.3) is 0 Å². The van der Waals surface area contributed by atoms with Crippen LogP contribution in [0.5, 0.6) is 0 Å². The van der Waals surface area contributed by atoms with Gasteiger partial charge in [-0.15, -0.1) is 0 Å². The van der Waals surface area contributed by atoms with Crippen molar-refractivity contribution in [3.8, 4) is 0 Å². The van der Waals surface area contributed by atoms with Crippen molar-refractivity contribution >= 4 is 5.97 Å². The molecule has 1 N–H and O–H groups in total. The van der Waals surface area contributed by atoms with Crippen molar-refractivity contribution < 1.29 is 9.90 Å². The summed E-state index contributed by atoms with van der Waals surface area (Å²) in [5.74, 6) is -0.851. The summed E-state index contributed by atoms with van der Waals surface area (Å²) >= 11 is 0. The third-order valence-electron chi connectivity index (χ3n) is 2.07. The zero-order valence-corrected chi connectivity index (χ0v) is 7.51. The van der Waals surface area contributed by atoms with Crippen LogP contribution < -0.4 is 0 Å². The van der Waals surface area contributed by atoms with Gasteiger partial charge in [0.15, 0.2) is 0 Å². The summed E-state index contributed by atoms with van der Waals surface area (Å²) in [4.78, 5) is 10.7. The van der Waals surface area contributed by atoms with E-state index >= 15 is 0 Å². The van der Waals surface area contributed by atoms with Crippen LogP contribution >= 0.6 is 0 Å². The van der Waals surface area contributed by atoms with Crippen LogP contribution in [0.15, 0.2) is 12.1 Å². The maximum atomic E-state index is 10.7. The van der Waals surface area contributed by atoms with Gasteiger partial charge in [-0.2, -0.15) is 0 Å². The summed E-state index contributed by atoms with van der Waals surface area (Å²) < 4.78 is 0. The second-order valence-corrected chi connectivity index (χ2v) is 3.06. The van der Waals surface area contributed by atoms with E-state index in [0.717, 1.165) is 16.7 Å². The molecule has 0 aliphatic heterocycles. The molecule has 0 saturated carbocycles. The van der Waals surface area contributed by atoms with Crippen LogP contribution in [0.3, 0.4) is 0 Å². The topological polar surface area (TPSA) is 37.3 Å². The van der Waals surface area contributed by atoms with Crippen LogP contribution in [0.1, 0.15) is 27.0 Å². The number of aryl methyl sites for hydroxylation is 3. The normalized spacial score (nSPS) is 9.92. The van der Waals surface area contributed by atoms with E-state index in [4.69, 9.17) is 5.11 Å². The van der Waals surface area contributed by atoms with Crippen LogP contribution in [0.2, 0.25) is 0 Å². The lowest BCUT2D eigenvalue weighted by atomic mass is 10.0. The SMILES string of the molecule is Cc1cc(C)c(C(=O)O)cc1C. The minimum absolute atomic E-state index is 0.401. The molecule has 64 valence electrons. The van der Waals surface area contributed by atoms with Crippen molar-refractivity contribution in [1.29, 1.82) is 0 Å². The summed E-state index contributed by atoms with van der Waals surface area (Å²) in [6.07, 6.45) is 0.